The Morgan fingerprint density at radius 1 is 1.64 bits per heavy atom. The molecule has 0 unspecified atom stereocenters. The third-order valence-electron chi connectivity index (χ3n) is 2.53. The quantitative estimate of drug-likeness (QED) is 0.583. The molecular weight excluding hydrogens is 136 g/mol. The molecule has 0 aliphatic heterocycles. The summed E-state index contributed by atoms with van der Waals surface area (Å²) in [5, 5.41) is 0. The minimum Gasteiger partial charge on any atom is -0.354 e. The summed E-state index contributed by atoms with van der Waals surface area (Å²) < 4.78 is 2.21. The first kappa shape index (κ1) is 6.92. The fourth-order valence-corrected chi connectivity index (χ4v) is 1.84. The number of aryl methyl sites for hydroxylation is 1. The molecule has 1 atom stereocenters. The van der Waals surface area contributed by atoms with Crippen molar-refractivity contribution in [2.45, 2.75) is 25.3 Å². The monoisotopic (exact) mass is 150 g/mol. The van der Waals surface area contributed by atoms with Crippen molar-refractivity contribution >= 4 is 0 Å². The van der Waals surface area contributed by atoms with E-state index < -0.39 is 0 Å². The normalized spacial score (nSPS) is 23.3. The molecule has 1 aliphatic rings. The van der Waals surface area contributed by atoms with Gasteiger partial charge in [0, 0.05) is 25.0 Å². The first-order valence-electron chi connectivity index (χ1n) is 4.16. The number of nitrogens with two attached hydrogens (primary N) is 1. The highest BCUT2D eigenvalue weighted by molar-refractivity contribution is 5.25. The van der Waals surface area contributed by atoms with Gasteiger partial charge in [0.25, 0.3) is 0 Å². The summed E-state index contributed by atoms with van der Waals surface area (Å²) in [5.74, 6) is 0. The highest BCUT2D eigenvalue weighted by atomic mass is 14.9. The van der Waals surface area contributed by atoms with Crippen LogP contribution in [0.5, 0.6) is 0 Å². The summed E-state index contributed by atoms with van der Waals surface area (Å²) in [6.07, 6.45) is 5.49. The Labute approximate surface area is 67.0 Å². The Morgan fingerprint density at radius 3 is 3.27 bits per heavy atom. The Hall–Kier alpha value is -0.760. The van der Waals surface area contributed by atoms with E-state index in [0.717, 1.165) is 19.3 Å². The molecule has 2 N–H and O–H groups in total. The van der Waals surface area contributed by atoms with E-state index in [2.05, 4.69) is 23.9 Å². The third kappa shape index (κ3) is 1.07. The number of nitrogens with zero attached hydrogens (tertiary/aromatic N) is 1. The van der Waals surface area contributed by atoms with Gasteiger partial charge in [0.2, 0.25) is 0 Å². The van der Waals surface area contributed by atoms with Gasteiger partial charge in [-0.05, 0) is 30.9 Å². The number of hydrogen-bond acceptors (Lipinski definition) is 1. The summed E-state index contributed by atoms with van der Waals surface area (Å²) in [6, 6.07) is 2.58. The van der Waals surface area contributed by atoms with E-state index in [-0.39, 0.29) is 0 Å². The zero-order chi connectivity index (χ0) is 7.84. The van der Waals surface area contributed by atoms with E-state index in [1.54, 1.807) is 0 Å². The van der Waals surface area contributed by atoms with Gasteiger partial charge in [-0.25, -0.2) is 0 Å². The van der Waals surface area contributed by atoms with E-state index >= 15 is 0 Å². The summed E-state index contributed by atoms with van der Waals surface area (Å²) in [4.78, 5) is 0. The number of rotatable bonds is 0. The molecule has 2 nitrogen and oxygen atoms in total. The maximum Gasteiger partial charge on any atom is 0.0205 e. The van der Waals surface area contributed by atoms with Crippen molar-refractivity contribution in [1.29, 1.82) is 0 Å². The smallest absolute Gasteiger partial charge is 0.0205 e. The second-order valence-electron chi connectivity index (χ2n) is 3.40. The van der Waals surface area contributed by atoms with E-state index in [1.165, 1.54) is 11.3 Å². The summed E-state index contributed by atoms with van der Waals surface area (Å²) >= 11 is 0. The molecule has 1 aliphatic carbocycles. The topological polar surface area (TPSA) is 30.9 Å². The first-order chi connectivity index (χ1) is 5.27. The van der Waals surface area contributed by atoms with Crippen LogP contribution in [0.4, 0.5) is 0 Å². The fourth-order valence-electron chi connectivity index (χ4n) is 1.84. The maximum atomic E-state index is 5.85. The molecule has 1 heterocycles. The molecule has 0 radical (unpaired) electrons. The minimum atomic E-state index is 0.393. The number of fused-ring (bicyclic) bond motifs is 1. The molecule has 0 spiro atoms. The van der Waals surface area contributed by atoms with E-state index in [9.17, 15) is 0 Å². The summed E-state index contributed by atoms with van der Waals surface area (Å²) in [5.41, 5.74) is 8.78. The lowest BCUT2D eigenvalue weighted by atomic mass is 9.94. The molecule has 0 saturated heterocycles. The van der Waals surface area contributed by atoms with Crippen LogP contribution in [0, 0.1) is 0 Å². The molecular formula is C9H14N2. The van der Waals surface area contributed by atoms with Crippen LogP contribution in [0.3, 0.4) is 0 Å². The van der Waals surface area contributed by atoms with Gasteiger partial charge >= 0.3 is 0 Å². The average Bonchev–Trinajstić information content (AvgIpc) is 2.32. The zero-order valence-corrected chi connectivity index (χ0v) is 6.88. The third-order valence-corrected chi connectivity index (χ3v) is 2.53. The zero-order valence-electron chi connectivity index (χ0n) is 6.88. The molecule has 2 heteroatoms. The van der Waals surface area contributed by atoms with Gasteiger partial charge in [0.1, 0.15) is 0 Å². The van der Waals surface area contributed by atoms with Crippen LogP contribution >= 0.6 is 0 Å². The Morgan fingerprint density at radius 2 is 2.45 bits per heavy atom. The first-order valence-corrected chi connectivity index (χ1v) is 4.16. The Balaban J connectivity index is 2.36. The maximum absolute atomic E-state index is 5.85. The van der Waals surface area contributed by atoms with E-state index in [1.807, 2.05) is 0 Å². The van der Waals surface area contributed by atoms with Crippen molar-refractivity contribution in [3.8, 4) is 0 Å². The van der Waals surface area contributed by atoms with Crippen molar-refractivity contribution < 1.29 is 0 Å². The van der Waals surface area contributed by atoms with Crippen LogP contribution in [0.25, 0.3) is 0 Å². The second-order valence-corrected chi connectivity index (χ2v) is 3.40. The highest BCUT2D eigenvalue weighted by Crippen LogP contribution is 2.20. The van der Waals surface area contributed by atoms with Crippen molar-refractivity contribution in [2.24, 2.45) is 12.8 Å². The lowest BCUT2D eigenvalue weighted by Gasteiger charge is -2.19. The van der Waals surface area contributed by atoms with Gasteiger partial charge in [0.05, 0.1) is 0 Å². The van der Waals surface area contributed by atoms with E-state index in [4.69, 9.17) is 5.73 Å². The van der Waals surface area contributed by atoms with Crippen LogP contribution in [-0.4, -0.2) is 10.6 Å². The second kappa shape index (κ2) is 2.38. The number of aromatic nitrogens is 1. The van der Waals surface area contributed by atoms with Crippen LogP contribution in [0.2, 0.25) is 0 Å². The number of hydrogen-bond donors (Lipinski definition) is 1. The van der Waals surface area contributed by atoms with Gasteiger partial charge in [-0.15, -0.1) is 0 Å². The molecule has 1 aromatic rings. The van der Waals surface area contributed by atoms with Gasteiger partial charge in [0.15, 0.2) is 0 Å². The predicted octanol–water partition coefficient (Wildman–Crippen LogP) is 0.841. The summed E-state index contributed by atoms with van der Waals surface area (Å²) in [6.45, 7) is 0. The predicted molar refractivity (Wildman–Crippen MR) is 45.4 cm³/mol. The molecule has 0 bridgehead atoms. The lowest BCUT2D eigenvalue weighted by molar-refractivity contribution is 0.559. The standard InChI is InChI=1S/C9H14N2/c1-11-5-4-7-6-8(10)2-3-9(7)11/h4-5,8H,2-3,6,10H2,1H3/t8-/m1/s1. The highest BCUT2D eigenvalue weighted by Gasteiger charge is 2.16. The van der Waals surface area contributed by atoms with E-state index in [0.29, 0.717) is 6.04 Å². The van der Waals surface area contributed by atoms with Gasteiger partial charge < -0.3 is 10.3 Å². The van der Waals surface area contributed by atoms with Crippen molar-refractivity contribution in [3.05, 3.63) is 23.5 Å². The molecule has 1 aromatic heterocycles. The van der Waals surface area contributed by atoms with Gasteiger partial charge in [-0.3, -0.25) is 0 Å². The van der Waals surface area contributed by atoms with Crippen molar-refractivity contribution in [2.75, 3.05) is 0 Å². The fraction of sp³-hybridized carbons (Fsp3) is 0.556. The van der Waals surface area contributed by atoms with Crippen LogP contribution in [-0.2, 0) is 19.9 Å². The van der Waals surface area contributed by atoms with Crippen molar-refractivity contribution in [3.63, 3.8) is 0 Å². The molecule has 0 fully saturated rings. The van der Waals surface area contributed by atoms with Gasteiger partial charge in [-0.1, -0.05) is 0 Å². The molecule has 0 amide bonds. The molecule has 2 rings (SSSR count). The largest absolute Gasteiger partial charge is 0.354 e. The summed E-state index contributed by atoms with van der Waals surface area (Å²) in [7, 11) is 2.11. The van der Waals surface area contributed by atoms with Crippen LogP contribution in [0.1, 0.15) is 17.7 Å². The van der Waals surface area contributed by atoms with Crippen LogP contribution in [0.15, 0.2) is 12.3 Å². The molecule has 0 saturated carbocycles. The molecule has 11 heavy (non-hydrogen) atoms. The van der Waals surface area contributed by atoms with Crippen molar-refractivity contribution in [1.82, 2.24) is 4.57 Å². The minimum absolute atomic E-state index is 0.393. The van der Waals surface area contributed by atoms with Gasteiger partial charge in [-0.2, -0.15) is 0 Å². The Bertz CT molecular complexity index is 263. The molecule has 60 valence electrons. The van der Waals surface area contributed by atoms with Crippen LogP contribution < -0.4 is 5.73 Å². The molecule has 0 aromatic carbocycles. The SMILES string of the molecule is Cn1ccc2c1CC[C@@H](N)C2. The Kier molecular flexibility index (Phi) is 1.50. The lowest BCUT2D eigenvalue weighted by Crippen LogP contribution is -2.27. The average molecular weight is 150 g/mol.